The highest BCUT2D eigenvalue weighted by Gasteiger charge is 1.95. The van der Waals surface area contributed by atoms with E-state index in [9.17, 15) is 0 Å². The van der Waals surface area contributed by atoms with E-state index in [0.29, 0.717) is 0 Å². The molecule has 0 spiro atoms. The average molecular weight is 101 g/mol. The molecule has 0 bridgehead atoms. The van der Waals surface area contributed by atoms with Crippen LogP contribution in [0.4, 0.5) is 0 Å². The predicted octanol–water partition coefficient (Wildman–Crippen LogP) is 2.01. The lowest BCUT2D eigenvalue weighted by atomic mass is 10.3. The van der Waals surface area contributed by atoms with E-state index in [4.69, 9.17) is 0 Å². The van der Waals surface area contributed by atoms with Gasteiger partial charge in [0.25, 0.3) is 0 Å². The molecule has 1 radical (unpaired) electrons. The van der Waals surface area contributed by atoms with E-state index >= 15 is 0 Å². The number of hydrogen-bond acceptors (Lipinski definition) is 0. The molecule has 1 heterocycles. The zero-order valence-corrected chi connectivity index (χ0v) is 4.91. The Hall–Kier alpha value is 0.430. The zero-order chi connectivity index (χ0) is 4.24. The van der Waals surface area contributed by atoms with E-state index in [1.165, 1.54) is 34.0 Å². The van der Waals surface area contributed by atoms with Crippen molar-refractivity contribution in [2.24, 2.45) is 0 Å². The lowest BCUT2D eigenvalue weighted by molar-refractivity contribution is 0.793. The highest BCUT2D eigenvalue weighted by Crippen LogP contribution is 2.25. The van der Waals surface area contributed by atoms with E-state index in [0.717, 1.165) is 0 Å². The molecule has 1 fully saturated rings. The van der Waals surface area contributed by atoms with Gasteiger partial charge in [-0.1, -0.05) is 6.42 Å². The molecule has 0 amide bonds. The lowest BCUT2D eigenvalue weighted by Crippen LogP contribution is -1.84. The topological polar surface area (TPSA) is 0 Å². The molecule has 1 saturated heterocycles. The third kappa shape index (κ3) is 1.26. The minimum atomic E-state index is 1.18. The van der Waals surface area contributed by atoms with Crippen molar-refractivity contribution in [3.63, 3.8) is 0 Å². The van der Waals surface area contributed by atoms with Crippen LogP contribution in [0.15, 0.2) is 0 Å². The van der Waals surface area contributed by atoms with Crippen LogP contribution in [0.5, 0.6) is 0 Å². The first-order valence-electron chi connectivity index (χ1n) is 2.55. The molecule has 1 heteroatoms. The van der Waals surface area contributed by atoms with Crippen LogP contribution in [0, 0.1) is 6.16 Å². The van der Waals surface area contributed by atoms with Gasteiger partial charge in [0, 0.05) is 0 Å². The van der Waals surface area contributed by atoms with E-state index in [1.54, 1.807) is 0 Å². The number of hydrogen-bond donors (Lipinski definition) is 0. The van der Waals surface area contributed by atoms with Gasteiger partial charge in [0.15, 0.2) is 0 Å². The summed E-state index contributed by atoms with van der Waals surface area (Å²) in [5, 5.41) is 0. The van der Waals surface area contributed by atoms with E-state index in [1.807, 2.05) is 0 Å². The molecule has 1 unspecified atom stereocenters. The molecule has 35 valence electrons. The summed E-state index contributed by atoms with van der Waals surface area (Å²) in [7, 11) is 1.18. The largest absolute Gasteiger partial charge is 0.118 e. The van der Waals surface area contributed by atoms with Gasteiger partial charge in [-0.25, -0.2) is 0 Å². The average Bonchev–Trinajstić information content (AvgIpc) is 1.72. The molecule has 1 atom stereocenters. The fourth-order valence-corrected chi connectivity index (χ4v) is 1.74. The van der Waals surface area contributed by atoms with Crippen molar-refractivity contribution in [3.8, 4) is 0 Å². The van der Waals surface area contributed by atoms with Gasteiger partial charge in [-0.3, -0.25) is 0 Å². The minimum absolute atomic E-state index is 1.18. The molecule has 0 aliphatic carbocycles. The van der Waals surface area contributed by atoms with Gasteiger partial charge < -0.3 is 0 Å². The van der Waals surface area contributed by atoms with Crippen molar-refractivity contribution in [2.75, 3.05) is 6.16 Å². The summed E-state index contributed by atoms with van der Waals surface area (Å²) in [6, 6.07) is 0. The Balaban J connectivity index is 2.00. The van der Waals surface area contributed by atoms with Gasteiger partial charge in [-0.2, -0.15) is 0 Å². The third-order valence-corrected chi connectivity index (χ3v) is 2.28. The van der Waals surface area contributed by atoms with Gasteiger partial charge in [0.1, 0.15) is 0 Å². The SMILES string of the molecule is [CH]1CCCCP1. The Labute approximate surface area is 41.1 Å². The highest BCUT2D eigenvalue weighted by molar-refractivity contribution is 7.40. The van der Waals surface area contributed by atoms with Crippen molar-refractivity contribution >= 4 is 8.58 Å². The monoisotopic (exact) mass is 101 g/mol. The predicted molar refractivity (Wildman–Crippen MR) is 31.3 cm³/mol. The first-order chi connectivity index (χ1) is 3.00. The maximum absolute atomic E-state index is 2.42. The zero-order valence-electron chi connectivity index (χ0n) is 3.91. The molecule has 1 aliphatic rings. The van der Waals surface area contributed by atoms with E-state index in [2.05, 4.69) is 6.16 Å². The van der Waals surface area contributed by atoms with Gasteiger partial charge in [-0.15, -0.1) is 8.58 Å². The molecule has 6 heavy (non-hydrogen) atoms. The quantitative estimate of drug-likeness (QED) is 0.409. The summed E-state index contributed by atoms with van der Waals surface area (Å²) in [6.07, 6.45) is 8.21. The summed E-state index contributed by atoms with van der Waals surface area (Å²) in [4.78, 5) is 0. The van der Waals surface area contributed by atoms with Crippen molar-refractivity contribution in [1.82, 2.24) is 0 Å². The summed E-state index contributed by atoms with van der Waals surface area (Å²) in [5.74, 6) is 0. The molecular formula is C5H10P. The second-order valence-corrected chi connectivity index (χ2v) is 2.97. The molecule has 0 aromatic rings. The van der Waals surface area contributed by atoms with Crippen LogP contribution in [0.2, 0.25) is 0 Å². The van der Waals surface area contributed by atoms with Crippen LogP contribution in [0.3, 0.4) is 0 Å². The fraction of sp³-hybridized carbons (Fsp3) is 0.800. The highest BCUT2D eigenvalue weighted by atomic mass is 31.1. The second kappa shape index (κ2) is 2.58. The van der Waals surface area contributed by atoms with Crippen LogP contribution in [0.25, 0.3) is 0 Å². The summed E-state index contributed by atoms with van der Waals surface area (Å²) in [6.45, 7) is 0. The summed E-state index contributed by atoms with van der Waals surface area (Å²) in [5.41, 5.74) is 0. The molecule has 0 aromatic heterocycles. The lowest BCUT2D eigenvalue weighted by Gasteiger charge is -2.05. The Bertz CT molecular complexity index is 19.4. The third-order valence-electron chi connectivity index (χ3n) is 1.06. The van der Waals surface area contributed by atoms with Crippen LogP contribution >= 0.6 is 8.58 Å². The molecule has 0 aromatic carbocycles. The smallest absolute Gasteiger partial charge is 0.0171 e. The van der Waals surface area contributed by atoms with Gasteiger partial charge in [0.2, 0.25) is 0 Å². The normalized spacial score (nSPS) is 24.0. The first kappa shape index (κ1) is 4.59. The van der Waals surface area contributed by atoms with Crippen LogP contribution in [0.1, 0.15) is 19.3 Å². The van der Waals surface area contributed by atoms with Gasteiger partial charge in [0.05, 0.1) is 0 Å². The van der Waals surface area contributed by atoms with Crippen molar-refractivity contribution in [3.05, 3.63) is 6.16 Å². The van der Waals surface area contributed by atoms with Crippen LogP contribution in [-0.2, 0) is 0 Å². The van der Waals surface area contributed by atoms with Gasteiger partial charge >= 0.3 is 0 Å². The number of rotatable bonds is 0. The molecule has 1 aliphatic heterocycles. The summed E-state index contributed by atoms with van der Waals surface area (Å²) < 4.78 is 0. The van der Waals surface area contributed by atoms with E-state index in [-0.39, 0.29) is 0 Å². The Morgan fingerprint density at radius 1 is 1.33 bits per heavy atom. The Kier molecular flexibility index (Phi) is 1.97. The standard InChI is InChI=1S/C5H10P/c1-2-4-6-5-3-1/h4,6H,1-3,5H2. The minimum Gasteiger partial charge on any atom is -0.118 e. The maximum Gasteiger partial charge on any atom is -0.0171 e. The fourth-order valence-electron chi connectivity index (χ4n) is 0.678. The first-order valence-corrected chi connectivity index (χ1v) is 3.83. The summed E-state index contributed by atoms with van der Waals surface area (Å²) >= 11 is 0. The second-order valence-electron chi connectivity index (χ2n) is 1.65. The van der Waals surface area contributed by atoms with Crippen molar-refractivity contribution < 1.29 is 0 Å². The van der Waals surface area contributed by atoms with Crippen molar-refractivity contribution in [2.45, 2.75) is 19.3 Å². The molecule has 0 saturated carbocycles. The Morgan fingerprint density at radius 2 is 2.33 bits per heavy atom. The molecule has 0 nitrogen and oxygen atoms in total. The molecule has 0 N–H and O–H groups in total. The molecule has 1 rings (SSSR count). The van der Waals surface area contributed by atoms with Crippen LogP contribution in [-0.4, -0.2) is 6.16 Å². The van der Waals surface area contributed by atoms with E-state index < -0.39 is 0 Å². The van der Waals surface area contributed by atoms with Gasteiger partial charge in [-0.05, 0) is 25.2 Å². The maximum atomic E-state index is 2.42. The Morgan fingerprint density at radius 3 is 2.50 bits per heavy atom. The van der Waals surface area contributed by atoms with Crippen LogP contribution < -0.4 is 0 Å². The molecular weight excluding hydrogens is 91.0 g/mol. The van der Waals surface area contributed by atoms with Crippen molar-refractivity contribution in [1.29, 1.82) is 0 Å².